The van der Waals surface area contributed by atoms with E-state index in [1.807, 2.05) is 43.5 Å². The predicted molar refractivity (Wildman–Crippen MR) is 75.2 cm³/mol. The van der Waals surface area contributed by atoms with Gasteiger partial charge in [-0.3, -0.25) is 4.98 Å². The third-order valence-electron chi connectivity index (χ3n) is 2.58. The van der Waals surface area contributed by atoms with E-state index in [1.54, 1.807) is 0 Å². The van der Waals surface area contributed by atoms with Crippen molar-refractivity contribution in [2.24, 2.45) is 0 Å². The van der Waals surface area contributed by atoms with Crippen molar-refractivity contribution in [1.82, 2.24) is 4.98 Å². The maximum Gasteiger partial charge on any atom is 0.103 e. The van der Waals surface area contributed by atoms with E-state index in [1.165, 1.54) is 0 Å². The van der Waals surface area contributed by atoms with Gasteiger partial charge in [0, 0.05) is 22.9 Å². The second-order valence-corrected chi connectivity index (χ2v) is 4.79. The van der Waals surface area contributed by atoms with Crippen LogP contribution in [0, 0.1) is 18.3 Å². The number of benzene rings is 1. The van der Waals surface area contributed by atoms with Crippen LogP contribution >= 0.6 is 15.9 Å². The molecule has 4 heteroatoms. The summed E-state index contributed by atoms with van der Waals surface area (Å²) in [6.07, 6.45) is 1.84. The maximum absolute atomic E-state index is 9.10. The molecular formula is C14H12BrN3. The number of pyridine rings is 1. The molecule has 0 unspecified atom stereocenters. The van der Waals surface area contributed by atoms with Gasteiger partial charge in [-0.2, -0.15) is 5.26 Å². The van der Waals surface area contributed by atoms with Gasteiger partial charge in [0.25, 0.3) is 0 Å². The summed E-state index contributed by atoms with van der Waals surface area (Å²) in [4.78, 5) is 4.24. The van der Waals surface area contributed by atoms with Crippen molar-refractivity contribution < 1.29 is 0 Å². The van der Waals surface area contributed by atoms with E-state index in [2.05, 4.69) is 32.3 Å². The van der Waals surface area contributed by atoms with Crippen LogP contribution in [-0.2, 0) is 6.54 Å². The standard InChI is InChI=1S/C14H12BrN3/c1-10-5-6-11(8-17-10)9-18-14-4-2-3-13(15)12(14)7-16/h2-6,8,18H,9H2,1H3. The van der Waals surface area contributed by atoms with E-state index in [0.29, 0.717) is 12.1 Å². The Morgan fingerprint density at radius 3 is 2.83 bits per heavy atom. The van der Waals surface area contributed by atoms with E-state index in [4.69, 9.17) is 5.26 Å². The number of nitriles is 1. The lowest BCUT2D eigenvalue weighted by Crippen LogP contribution is -2.02. The molecule has 3 nitrogen and oxygen atoms in total. The molecule has 0 spiro atoms. The zero-order chi connectivity index (χ0) is 13.0. The van der Waals surface area contributed by atoms with Gasteiger partial charge in [-0.25, -0.2) is 0 Å². The Balaban J connectivity index is 2.14. The van der Waals surface area contributed by atoms with E-state index < -0.39 is 0 Å². The average Bonchev–Trinajstić information content (AvgIpc) is 2.38. The lowest BCUT2D eigenvalue weighted by Gasteiger charge is -2.09. The van der Waals surface area contributed by atoms with Gasteiger partial charge in [0.1, 0.15) is 6.07 Å². The summed E-state index contributed by atoms with van der Waals surface area (Å²) < 4.78 is 0.803. The molecule has 1 aromatic heterocycles. The molecule has 0 saturated carbocycles. The van der Waals surface area contributed by atoms with Crippen LogP contribution in [0.2, 0.25) is 0 Å². The van der Waals surface area contributed by atoms with Crippen LogP contribution in [0.1, 0.15) is 16.8 Å². The molecule has 0 saturated heterocycles. The Kier molecular flexibility index (Phi) is 3.96. The van der Waals surface area contributed by atoms with Crippen molar-refractivity contribution in [3.8, 4) is 6.07 Å². The fourth-order valence-corrected chi connectivity index (χ4v) is 2.04. The quantitative estimate of drug-likeness (QED) is 0.941. The summed E-state index contributed by atoms with van der Waals surface area (Å²) in [5.74, 6) is 0. The van der Waals surface area contributed by atoms with E-state index in [9.17, 15) is 0 Å². The number of halogens is 1. The van der Waals surface area contributed by atoms with Crippen molar-refractivity contribution in [3.63, 3.8) is 0 Å². The Morgan fingerprint density at radius 2 is 2.17 bits per heavy atom. The summed E-state index contributed by atoms with van der Waals surface area (Å²) in [5.41, 5.74) is 3.54. The molecule has 2 aromatic rings. The summed E-state index contributed by atoms with van der Waals surface area (Å²) in [7, 11) is 0. The number of hydrogen-bond acceptors (Lipinski definition) is 3. The molecule has 0 bridgehead atoms. The number of nitrogens with zero attached hydrogens (tertiary/aromatic N) is 2. The summed E-state index contributed by atoms with van der Waals surface area (Å²) in [6, 6.07) is 11.8. The third-order valence-corrected chi connectivity index (χ3v) is 3.24. The first-order chi connectivity index (χ1) is 8.70. The van der Waals surface area contributed by atoms with E-state index >= 15 is 0 Å². The summed E-state index contributed by atoms with van der Waals surface area (Å²) in [6.45, 7) is 2.61. The van der Waals surface area contributed by atoms with Crippen LogP contribution in [0.15, 0.2) is 41.0 Å². The van der Waals surface area contributed by atoms with Gasteiger partial charge in [0.2, 0.25) is 0 Å². The van der Waals surface area contributed by atoms with Crippen molar-refractivity contribution in [2.75, 3.05) is 5.32 Å². The highest BCUT2D eigenvalue weighted by Gasteiger charge is 2.05. The molecule has 1 aromatic carbocycles. The molecular weight excluding hydrogens is 290 g/mol. The van der Waals surface area contributed by atoms with Crippen LogP contribution in [0.3, 0.4) is 0 Å². The number of rotatable bonds is 3. The SMILES string of the molecule is Cc1ccc(CNc2cccc(Br)c2C#N)cn1. The lowest BCUT2D eigenvalue weighted by atomic mass is 10.2. The van der Waals surface area contributed by atoms with Crippen LogP contribution < -0.4 is 5.32 Å². The van der Waals surface area contributed by atoms with Gasteiger partial charge >= 0.3 is 0 Å². The topological polar surface area (TPSA) is 48.7 Å². The van der Waals surface area contributed by atoms with Gasteiger partial charge in [-0.05, 0) is 46.6 Å². The van der Waals surface area contributed by atoms with Gasteiger partial charge in [0.15, 0.2) is 0 Å². The number of aromatic nitrogens is 1. The first-order valence-electron chi connectivity index (χ1n) is 5.54. The Labute approximate surface area is 115 Å². The average molecular weight is 302 g/mol. The monoisotopic (exact) mass is 301 g/mol. The smallest absolute Gasteiger partial charge is 0.103 e. The molecule has 0 fully saturated rings. The zero-order valence-electron chi connectivity index (χ0n) is 9.94. The largest absolute Gasteiger partial charge is 0.380 e. The van der Waals surface area contributed by atoms with Crippen LogP contribution in [0.25, 0.3) is 0 Å². The number of nitrogens with one attached hydrogen (secondary N) is 1. The Bertz CT molecular complexity index is 585. The molecule has 0 atom stereocenters. The molecule has 0 aliphatic carbocycles. The minimum absolute atomic E-state index is 0.623. The summed E-state index contributed by atoms with van der Waals surface area (Å²) >= 11 is 3.37. The first-order valence-corrected chi connectivity index (χ1v) is 6.34. The number of hydrogen-bond donors (Lipinski definition) is 1. The zero-order valence-corrected chi connectivity index (χ0v) is 11.5. The van der Waals surface area contributed by atoms with Gasteiger partial charge in [-0.1, -0.05) is 12.1 Å². The van der Waals surface area contributed by atoms with Crippen LogP contribution in [0.5, 0.6) is 0 Å². The summed E-state index contributed by atoms with van der Waals surface area (Å²) in [5, 5.41) is 12.3. The number of anilines is 1. The second kappa shape index (κ2) is 5.65. The minimum Gasteiger partial charge on any atom is -0.380 e. The van der Waals surface area contributed by atoms with Crippen molar-refractivity contribution >= 4 is 21.6 Å². The molecule has 1 heterocycles. The molecule has 0 aliphatic rings. The third kappa shape index (κ3) is 2.88. The molecule has 0 aliphatic heterocycles. The van der Waals surface area contributed by atoms with Gasteiger partial charge in [0.05, 0.1) is 11.3 Å². The van der Waals surface area contributed by atoms with Crippen LogP contribution in [0.4, 0.5) is 5.69 Å². The normalized spacial score (nSPS) is 9.83. The molecule has 0 amide bonds. The molecule has 1 N–H and O–H groups in total. The molecule has 0 radical (unpaired) electrons. The maximum atomic E-state index is 9.10. The van der Waals surface area contributed by atoms with Gasteiger partial charge in [-0.15, -0.1) is 0 Å². The second-order valence-electron chi connectivity index (χ2n) is 3.94. The molecule has 2 rings (SSSR count). The van der Waals surface area contributed by atoms with E-state index in [-0.39, 0.29) is 0 Å². The fourth-order valence-electron chi connectivity index (χ4n) is 1.59. The highest BCUT2D eigenvalue weighted by molar-refractivity contribution is 9.10. The molecule has 18 heavy (non-hydrogen) atoms. The minimum atomic E-state index is 0.623. The highest BCUT2D eigenvalue weighted by Crippen LogP contribution is 2.24. The van der Waals surface area contributed by atoms with E-state index in [0.717, 1.165) is 21.4 Å². The molecule has 90 valence electrons. The Hall–Kier alpha value is -1.86. The predicted octanol–water partition coefficient (Wildman–Crippen LogP) is 3.64. The van der Waals surface area contributed by atoms with Gasteiger partial charge < -0.3 is 5.32 Å². The van der Waals surface area contributed by atoms with Crippen LogP contribution in [-0.4, -0.2) is 4.98 Å². The highest BCUT2D eigenvalue weighted by atomic mass is 79.9. The number of aryl methyl sites for hydroxylation is 1. The van der Waals surface area contributed by atoms with Crippen molar-refractivity contribution in [1.29, 1.82) is 5.26 Å². The lowest BCUT2D eigenvalue weighted by molar-refractivity contribution is 1.08. The fraction of sp³-hybridized carbons (Fsp3) is 0.143. The van der Waals surface area contributed by atoms with Crippen molar-refractivity contribution in [3.05, 3.63) is 57.8 Å². The van der Waals surface area contributed by atoms with Crippen molar-refractivity contribution in [2.45, 2.75) is 13.5 Å². The Morgan fingerprint density at radius 1 is 1.33 bits per heavy atom. The first kappa shape index (κ1) is 12.6.